The van der Waals surface area contributed by atoms with E-state index in [1.54, 1.807) is 5.57 Å². The van der Waals surface area contributed by atoms with E-state index in [0.717, 1.165) is 38.5 Å². The monoisotopic (exact) mass is 410 g/mol. The third-order valence-electron chi connectivity index (χ3n) is 10.7. The average molecular weight is 411 g/mol. The van der Waals surface area contributed by atoms with Gasteiger partial charge >= 0.3 is 5.97 Å². The molecule has 3 fully saturated rings. The van der Waals surface area contributed by atoms with Gasteiger partial charge in [-0.2, -0.15) is 0 Å². The van der Waals surface area contributed by atoms with Gasteiger partial charge in [-0.3, -0.25) is 9.59 Å². The summed E-state index contributed by atoms with van der Waals surface area (Å²) in [6.07, 6.45) is 17.1. The van der Waals surface area contributed by atoms with Crippen molar-refractivity contribution >= 4 is 11.8 Å². The molecule has 0 aromatic heterocycles. The highest BCUT2D eigenvalue weighted by molar-refractivity contribution is 5.85. The maximum Gasteiger partial charge on any atom is 0.302 e. The summed E-state index contributed by atoms with van der Waals surface area (Å²) in [5, 5.41) is 0. The lowest BCUT2D eigenvalue weighted by molar-refractivity contribution is -0.150. The van der Waals surface area contributed by atoms with Crippen molar-refractivity contribution in [3.63, 3.8) is 0 Å². The van der Waals surface area contributed by atoms with Crippen LogP contribution in [0.1, 0.15) is 85.5 Å². The number of fused-ring (bicyclic) bond motifs is 7. The molecular weight excluding hydrogens is 372 g/mol. The Balaban J connectivity index is 1.47. The molecule has 0 aromatic rings. The van der Waals surface area contributed by atoms with Crippen molar-refractivity contribution in [1.82, 2.24) is 0 Å². The molecule has 0 heterocycles. The normalized spacial score (nSPS) is 49.2. The summed E-state index contributed by atoms with van der Waals surface area (Å²) in [6.45, 7) is 8.38. The number of ketones is 1. The van der Waals surface area contributed by atoms with Crippen LogP contribution in [0.4, 0.5) is 0 Å². The highest BCUT2D eigenvalue weighted by atomic mass is 16.5. The van der Waals surface area contributed by atoms with Gasteiger partial charge < -0.3 is 4.74 Å². The molecule has 0 bridgehead atoms. The van der Waals surface area contributed by atoms with E-state index in [0.29, 0.717) is 29.5 Å². The van der Waals surface area contributed by atoms with Crippen molar-refractivity contribution in [3.05, 3.63) is 23.8 Å². The minimum atomic E-state index is -0.150. The van der Waals surface area contributed by atoms with Crippen molar-refractivity contribution in [2.75, 3.05) is 0 Å². The van der Waals surface area contributed by atoms with Crippen LogP contribution in [0.5, 0.6) is 0 Å². The first kappa shape index (κ1) is 20.5. The quantitative estimate of drug-likeness (QED) is 0.412. The second kappa shape index (κ2) is 6.81. The van der Waals surface area contributed by atoms with Crippen LogP contribution in [0, 0.1) is 39.9 Å². The van der Waals surface area contributed by atoms with Crippen molar-refractivity contribution < 1.29 is 14.3 Å². The molecule has 0 amide bonds. The molecule has 3 saturated carbocycles. The summed E-state index contributed by atoms with van der Waals surface area (Å²) in [6, 6.07) is 0. The Morgan fingerprint density at radius 3 is 2.57 bits per heavy atom. The van der Waals surface area contributed by atoms with E-state index in [9.17, 15) is 9.59 Å². The third kappa shape index (κ3) is 2.56. The SMILES string of the molecule is CC(=O)O[C@H]1CC[C@@]2(C)C(=CC[C@H]3[C@H]2CC[C@@]2(C)[C@H]3C[C@H]3CC=CC[C@]32C(C)=O)C1. The van der Waals surface area contributed by atoms with Gasteiger partial charge in [0, 0.05) is 18.8 Å². The predicted octanol–water partition coefficient (Wildman–Crippen LogP) is 6.03. The fraction of sp³-hybridized carbons (Fsp3) is 0.778. The molecule has 5 aliphatic carbocycles. The molecule has 8 atom stereocenters. The van der Waals surface area contributed by atoms with Crippen LogP contribution in [-0.2, 0) is 14.3 Å². The number of carbonyl (C=O) groups is 2. The second-order valence-electron chi connectivity index (χ2n) is 11.6. The number of hydrogen-bond donors (Lipinski definition) is 0. The molecule has 5 rings (SSSR count). The van der Waals surface area contributed by atoms with E-state index in [1.165, 1.54) is 26.2 Å². The molecule has 0 aromatic carbocycles. The number of rotatable bonds is 2. The van der Waals surface area contributed by atoms with Crippen molar-refractivity contribution in [3.8, 4) is 0 Å². The Morgan fingerprint density at radius 2 is 1.83 bits per heavy atom. The molecule has 0 spiro atoms. The van der Waals surface area contributed by atoms with E-state index < -0.39 is 0 Å². The van der Waals surface area contributed by atoms with Crippen LogP contribution in [0.2, 0.25) is 0 Å². The number of ether oxygens (including phenoxy) is 1. The van der Waals surface area contributed by atoms with Gasteiger partial charge in [0.05, 0.1) is 0 Å². The fourth-order valence-corrected chi connectivity index (χ4v) is 9.31. The van der Waals surface area contributed by atoms with Crippen molar-refractivity contribution in [2.45, 2.75) is 91.6 Å². The molecule has 0 aliphatic heterocycles. The van der Waals surface area contributed by atoms with Crippen LogP contribution in [0.15, 0.2) is 23.8 Å². The highest BCUT2D eigenvalue weighted by Gasteiger charge is 2.68. The third-order valence-corrected chi connectivity index (χ3v) is 10.7. The summed E-state index contributed by atoms with van der Waals surface area (Å²) in [4.78, 5) is 24.6. The summed E-state index contributed by atoms with van der Waals surface area (Å²) in [5.41, 5.74) is 1.81. The number of carbonyl (C=O) groups excluding carboxylic acids is 2. The molecule has 5 aliphatic rings. The van der Waals surface area contributed by atoms with E-state index >= 15 is 0 Å². The molecule has 0 unspecified atom stereocenters. The van der Waals surface area contributed by atoms with Gasteiger partial charge in [0.2, 0.25) is 0 Å². The van der Waals surface area contributed by atoms with E-state index in [4.69, 9.17) is 4.74 Å². The lowest BCUT2D eigenvalue weighted by atomic mass is 9.44. The summed E-state index contributed by atoms with van der Waals surface area (Å²) < 4.78 is 5.59. The van der Waals surface area contributed by atoms with Crippen molar-refractivity contribution in [1.29, 1.82) is 0 Å². The van der Waals surface area contributed by atoms with Crippen LogP contribution in [-0.4, -0.2) is 17.9 Å². The van der Waals surface area contributed by atoms with Crippen LogP contribution in [0.25, 0.3) is 0 Å². The van der Waals surface area contributed by atoms with Crippen molar-refractivity contribution in [2.24, 2.45) is 39.9 Å². The first-order chi connectivity index (χ1) is 14.2. The molecule has 3 nitrogen and oxygen atoms in total. The van der Waals surface area contributed by atoms with Gasteiger partial charge in [-0.15, -0.1) is 0 Å². The van der Waals surface area contributed by atoms with Gasteiger partial charge in [-0.05, 0) is 92.8 Å². The first-order valence-corrected chi connectivity index (χ1v) is 12.2. The van der Waals surface area contributed by atoms with Gasteiger partial charge in [-0.1, -0.05) is 37.6 Å². The fourth-order valence-electron chi connectivity index (χ4n) is 9.31. The summed E-state index contributed by atoms with van der Waals surface area (Å²) >= 11 is 0. The zero-order chi connectivity index (χ0) is 21.3. The number of hydrogen-bond acceptors (Lipinski definition) is 3. The minimum Gasteiger partial charge on any atom is -0.462 e. The first-order valence-electron chi connectivity index (χ1n) is 12.2. The summed E-state index contributed by atoms with van der Waals surface area (Å²) in [5.74, 6) is 2.90. The topological polar surface area (TPSA) is 43.4 Å². The molecule has 164 valence electrons. The summed E-state index contributed by atoms with van der Waals surface area (Å²) in [7, 11) is 0. The molecule has 30 heavy (non-hydrogen) atoms. The smallest absolute Gasteiger partial charge is 0.302 e. The van der Waals surface area contributed by atoms with Gasteiger partial charge in [-0.25, -0.2) is 0 Å². The Kier molecular flexibility index (Phi) is 4.66. The number of esters is 1. The highest BCUT2D eigenvalue weighted by Crippen LogP contribution is 2.73. The van der Waals surface area contributed by atoms with Crippen LogP contribution >= 0.6 is 0 Å². The van der Waals surface area contributed by atoms with E-state index in [2.05, 4.69) is 32.1 Å². The standard InChI is InChI=1S/C27H38O3/c1-17(28)27-12-6-5-7-20(27)16-24-22-9-8-19-15-21(30-18(2)29)10-13-25(19,3)23(22)11-14-26(24,27)4/h5-6,8,20-24H,7,9-16H2,1-4H3/t20-,21+,22+,23-,24+,25+,26+,27+/m1/s1. The zero-order valence-corrected chi connectivity index (χ0v) is 19.2. The largest absolute Gasteiger partial charge is 0.462 e. The lowest BCUT2D eigenvalue weighted by Crippen LogP contribution is -2.55. The van der Waals surface area contributed by atoms with Crippen LogP contribution in [0.3, 0.4) is 0 Å². The maximum atomic E-state index is 13.2. The molecule has 0 radical (unpaired) electrons. The van der Waals surface area contributed by atoms with Crippen LogP contribution < -0.4 is 0 Å². The van der Waals surface area contributed by atoms with Gasteiger partial charge in [0.1, 0.15) is 11.9 Å². The minimum absolute atomic E-state index is 0.0636. The predicted molar refractivity (Wildman–Crippen MR) is 118 cm³/mol. The van der Waals surface area contributed by atoms with E-state index in [-0.39, 0.29) is 28.3 Å². The Bertz CT molecular complexity index is 824. The average Bonchev–Trinajstić information content (AvgIpc) is 2.98. The zero-order valence-electron chi connectivity index (χ0n) is 19.2. The Hall–Kier alpha value is -1.38. The van der Waals surface area contributed by atoms with Gasteiger partial charge in [0.15, 0.2) is 0 Å². The lowest BCUT2D eigenvalue weighted by Gasteiger charge is -2.60. The Morgan fingerprint density at radius 1 is 1.03 bits per heavy atom. The Labute approximate surface area is 181 Å². The second-order valence-corrected chi connectivity index (χ2v) is 11.6. The number of Topliss-reactive ketones (excluding diaryl/α,β-unsaturated/α-hetero) is 1. The number of allylic oxidation sites excluding steroid dienone is 3. The maximum absolute atomic E-state index is 13.2. The molecular formula is C27H38O3. The molecule has 0 N–H and O–H groups in total. The molecule has 0 saturated heterocycles. The molecule has 3 heteroatoms. The van der Waals surface area contributed by atoms with Gasteiger partial charge in [0.25, 0.3) is 0 Å². The van der Waals surface area contributed by atoms with E-state index in [1.807, 2.05) is 6.92 Å².